The van der Waals surface area contributed by atoms with Crippen molar-refractivity contribution in [1.29, 1.82) is 0 Å². The number of sulfonamides is 1. The standard InChI is InChI=1S/C8H16N4O4S2/c1-12-6-7(5-9)8(10-12)11-18(15,16)4-3-17(2,13)14/h6H,3-5,9H2,1-2H3,(H,10,11). The molecule has 0 saturated carbocycles. The first-order valence-electron chi connectivity index (χ1n) is 5.04. The Labute approximate surface area is 106 Å². The van der Waals surface area contributed by atoms with Gasteiger partial charge >= 0.3 is 0 Å². The van der Waals surface area contributed by atoms with Gasteiger partial charge in [0.05, 0.1) is 11.5 Å². The van der Waals surface area contributed by atoms with Crippen LogP contribution in [0, 0.1) is 0 Å². The summed E-state index contributed by atoms with van der Waals surface area (Å²) in [6.07, 6.45) is 2.57. The van der Waals surface area contributed by atoms with Gasteiger partial charge < -0.3 is 5.73 Å². The second-order valence-corrected chi connectivity index (χ2v) is 8.03. The third kappa shape index (κ3) is 4.63. The van der Waals surface area contributed by atoms with Gasteiger partial charge in [-0.15, -0.1) is 0 Å². The van der Waals surface area contributed by atoms with Crippen molar-refractivity contribution in [3.8, 4) is 0 Å². The maximum Gasteiger partial charge on any atom is 0.234 e. The summed E-state index contributed by atoms with van der Waals surface area (Å²) in [6, 6.07) is 0. The van der Waals surface area contributed by atoms with Gasteiger partial charge in [0.2, 0.25) is 10.0 Å². The van der Waals surface area contributed by atoms with E-state index in [0.717, 1.165) is 6.26 Å². The largest absolute Gasteiger partial charge is 0.326 e. The van der Waals surface area contributed by atoms with Crippen molar-refractivity contribution >= 4 is 25.7 Å². The molecule has 0 aliphatic rings. The SMILES string of the molecule is Cn1cc(CN)c(NS(=O)(=O)CCS(C)(=O)=O)n1. The lowest BCUT2D eigenvalue weighted by Gasteiger charge is -2.06. The number of aromatic nitrogens is 2. The Hall–Kier alpha value is -1.13. The van der Waals surface area contributed by atoms with E-state index in [1.165, 1.54) is 4.68 Å². The van der Waals surface area contributed by atoms with Crippen LogP contribution in [-0.4, -0.2) is 44.4 Å². The van der Waals surface area contributed by atoms with Gasteiger partial charge in [-0.05, 0) is 0 Å². The number of sulfone groups is 1. The summed E-state index contributed by atoms with van der Waals surface area (Å²) in [5.74, 6) is -0.812. The van der Waals surface area contributed by atoms with Crippen LogP contribution in [-0.2, 0) is 33.5 Å². The Morgan fingerprint density at radius 1 is 1.33 bits per heavy atom. The number of aryl methyl sites for hydroxylation is 1. The van der Waals surface area contributed by atoms with Gasteiger partial charge in [0.25, 0.3) is 0 Å². The minimum absolute atomic E-state index is 0.133. The van der Waals surface area contributed by atoms with Gasteiger partial charge in [-0.1, -0.05) is 0 Å². The molecule has 1 aromatic rings. The summed E-state index contributed by atoms with van der Waals surface area (Å²) in [7, 11) is -5.44. The Bertz CT molecular complexity index is 618. The molecule has 104 valence electrons. The van der Waals surface area contributed by atoms with E-state index < -0.39 is 31.4 Å². The van der Waals surface area contributed by atoms with Gasteiger partial charge in [0.15, 0.2) is 5.82 Å². The minimum atomic E-state index is -3.75. The molecular formula is C8H16N4O4S2. The van der Waals surface area contributed by atoms with Crippen molar-refractivity contribution in [3.05, 3.63) is 11.8 Å². The molecule has 0 radical (unpaired) electrons. The van der Waals surface area contributed by atoms with E-state index in [1.807, 2.05) is 0 Å². The van der Waals surface area contributed by atoms with Crippen LogP contribution >= 0.6 is 0 Å². The molecule has 0 aliphatic carbocycles. The molecular weight excluding hydrogens is 280 g/mol. The Morgan fingerprint density at radius 2 is 1.94 bits per heavy atom. The maximum atomic E-state index is 11.7. The highest BCUT2D eigenvalue weighted by molar-refractivity contribution is 7.95. The molecule has 18 heavy (non-hydrogen) atoms. The predicted octanol–water partition coefficient (Wildman–Crippen LogP) is -1.33. The number of hydrogen-bond acceptors (Lipinski definition) is 6. The average molecular weight is 296 g/mol. The lowest BCUT2D eigenvalue weighted by molar-refractivity contribution is 0.593. The number of nitrogens with two attached hydrogens (primary N) is 1. The lowest BCUT2D eigenvalue weighted by atomic mass is 10.3. The summed E-state index contributed by atoms with van der Waals surface area (Å²) in [6.45, 7) is 0.137. The molecule has 0 spiro atoms. The highest BCUT2D eigenvalue weighted by Crippen LogP contribution is 2.13. The Balaban J connectivity index is 2.82. The van der Waals surface area contributed by atoms with Crippen molar-refractivity contribution in [1.82, 2.24) is 9.78 Å². The van der Waals surface area contributed by atoms with Gasteiger partial charge in [0.1, 0.15) is 9.84 Å². The van der Waals surface area contributed by atoms with E-state index in [4.69, 9.17) is 5.73 Å². The molecule has 10 heteroatoms. The van der Waals surface area contributed by atoms with Crippen molar-refractivity contribution < 1.29 is 16.8 Å². The van der Waals surface area contributed by atoms with Gasteiger partial charge in [-0.3, -0.25) is 9.40 Å². The first-order chi connectivity index (χ1) is 8.13. The summed E-state index contributed by atoms with van der Waals surface area (Å²) < 4.78 is 48.8. The average Bonchev–Trinajstić information content (AvgIpc) is 2.54. The molecule has 0 saturated heterocycles. The molecule has 0 aromatic carbocycles. The molecule has 0 amide bonds. The zero-order chi connectivity index (χ0) is 14.0. The summed E-state index contributed by atoms with van der Waals surface area (Å²) in [4.78, 5) is 0. The normalized spacial score (nSPS) is 12.6. The van der Waals surface area contributed by atoms with Gasteiger partial charge in [-0.25, -0.2) is 16.8 Å². The van der Waals surface area contributed by atoms with Crippen molar-refractivity contribution in [3.63, 3.8) is 0 Å². The molecule has 8 nitrogen and oxygen atoms in total. The van der Waals surface area contributed by atoms with Crippen LogP contribution in [0.5, 0.6) is 0 Å². The van der Waals surface area contributed by atoms with Crippen LogP contribution in [0.4, 0.5) is 5.82 Å². The summed E-state index contributed by atoms with van der Waals surface area (Å²) in [5.41, 5.74) is 5.98. The van der Waals surface area contributed by atoms with Crippen LogP contribution in [0.2, 0.25) is 0 Å². The number of rotatable bonds is 6. The molecule has 0 atom stereocenters. The number of nitrogens with one attached hydrogen (secondary N) is 1. The van der Waals surface area contributed by atoms with Crippen LogP contribution in [0.1, 0.15) is 5.56 Å². The van der Waals surface area contributed by atoms with E-state index in [1.54, 1.807) is 13.2 Å². The second-order valence-electron chi connectivity index (χ2n) is 3.93. The van der Waals surface area contributed by atoms with Crippen LogP contribution in [0.15, 0.2) is 6.20 Å². The highest BCUT2D eigenvalue weighted by atomic mass is 32.2. The molecule has 1 rings (SSSR count). The highest BCUT2D eigenvalue weighted by Gasteiger charge is 2.17. The third-order valence-corrected chi connectivity index (χ3v) is 4.55. The van der Waals surface area contributed by atoms with E-state index in [9.17, 15) is 16.8 Å². The fraction of sp³-hybridized carbons (Fsp3) is 0.625. The second kappa shape index (κ2) is 5.24. The van der Waals surface area contributed by atoms with Gasteiger partial charge in [0, 0.05) is 31.6 Å². The summed E-state index contributed by atoms with van der Waals surface area (Å²) in [5, 5.41) is 3.91. The van der Waals surface area contributed by atoms with E-state index in [2.05, 4.69) is 9.82 Å². The zero-order valence-corrected chi connectivity index (χ0v) is 11.8. The van der Waals surface area contributed by atoms with E-state index in [0.29, 0.717) is 5.56 Å². The molecule has 0 bridgehead atoms. The topological polar surface area (TPSA) is 124 Å². The molecule has 0 aliphatic heterocycles. The number of hydrogen-bond donors (Lipinski definition) is 2. The van der Waals surface area contributed by atoms with Crippen LogP contribution < -0.4 is 10.5 Å². The molecule has 1 heterocycles. The first kappa shape index (κ1) is 14.9. The Morgan fingerprint density at radius 3 is 2.44 bits per heavy atom. The fourth-order valence-corrected chi connectivity index (χ4v) is 3.89. The smallest absolute Gasteiger partial charge is 0.234 e. The van der Waals surface area contributed by atoms with Crippen molar-refractivity contribution in [2.45, 2.75) is 6.54 Å². The summed E-state index contributed by atoms with van der Waals surface area (Å²) >= 11 is 0. The quantitative estimate of drug-likeness (QED) is 0.670. The van der Waals surface area contributed by atoms with E-state index in [-0.39, 0.29) is 12.4 Å². The molecule has 0 fully saturated rings. The maximum absolute atomic E-state index is 11.7. The number of nitrogens with zero attached hydrogens (tertiary/aromatic N) is 2. The van der Waals surface area contributed by atoms with Gasteiger partial charge in [-0.2, -0.15) is 5.10 Å². The molecule has 3 N–H and O–H groups in total. The van der Waals surface area contributed by atoms with Crippen LogP contribution in [0.25, 0.3) is 0 Å². The number of anilines is 1. The lowest BCUT2D eigenvalue weighted by Crippen LogP contribution is -2.23. The predicted molar refractivity (Wildman–Crippen MR) is 68.2 cm³/mol. The first-order valence-corrected chi connectivity index (χ1v) is 8.75. The van der Waals surface area contributed by atoms with Crippen LogP contribution in [0.3, 0.4) is 0 Å². The third-order valence-electron chi connectivity index (χ3n) is 2.10. The molecule has 1 aromatic heterocycles. The fourth-order valence-electron chi connectivity index (χ4n) is 1.23. The minimum Gasteiger partial charge on any atom is -0.326 e. The monoisotopic (exact) mass is 296 g/mol. The van der Waals surface area contributed by atoms with Crippen molar-refractivity contribution in [2.24, 2.45) is 12.8 Å². The zero-order valence-electron chi connectivity index (χ0n) is 10.1. The van der Waals surface area contributed by atoms with Crippen molar-refractivity contribution in [2.75, 3.05) is 22.5 Å². The molecule has 0 unspecified atom stereocenters. The van der Waals surface area contributed by atoms with E-state index >= 15 is 0 Å². The Kier molecular flexibility index (Phi) is 4.35.